The Balaban J connectivity index is 1.53. The van der Waals surface area contributed by atoms with Crippen molar-refractivity contribution < 1.29 is 14.0 Å². The van der Waals surface area contributed by atoms with Crippen LogP contribution in [0.5, 0.6) is 0 Å². The number of carbonyl (C=O) groups excluding carboxylic acids is 1. The molecule has 0 unspecified atom stereocenters. The molecule has 0 N–H and O–H groups in total. The van der Waals surface area contributed by atoms with E-state index in [1.807, 2.05) is 30.3 Å². The van der Waals surface area contributed by atoms with E-state index in [1.54, 1.807) is 6.08 Å². The Morgan fingerprint density at radius 2 is 1.36 bits per heavy atom. The Kier molecular flexibility index (Phi) is 8.40. The fourth-order valence-corrected chi connectivity index (χ4v) is 10.1. The van der Waals surface area contributed by atoms with E-state index >= 15 is 0 Å². The minimum atomic E-state index is -2.61. The van der Waals surface area contributed by atoms with Gasteiger partial charge in [-0.2, -0.15) is 0 Å². The van der Waals surface area contributed by atoms with Gasteiger partial charge in [-0.05, 0) is 38.9 Å². The summed E-state index contributed by atoms with van der Waals surface area (Å²) in [5.74, 6) is 0.281. The molecule has 0 bridgehead atoms. The minimum absolute atomic E-state index is 0.0744. The Morgan fingerprint density at radius 3 is 1.89 bits per heavy atom. The van der Waals surface area contributed by atoms with E-state index in [4.69, 9.17) is 9.16 Å². The maximum Gasteiger partial charge on any atom is 0.261 e. The number of hydrogen-bond donors (Lipinski definition) is 0. The molecular weight excluding hydrogens is 460 g/mol. The molecule has 0 heterocycles. The number of benzene rings is 3. The van der Waals surface area contributed by atoms with Crippen LogP contribution in [0.3, 0.4) is 0 Å². The van der Waals surface area contributed by atoms with Gasteiger partial charge in [0.15, 0.2) is 5.78 Å². The number of carbonyl (C=O) groups is 1. The first kappa shape index (κ1) is 26.3. The minimum Gasteiger partial charge on any atom is -0.407 e. The molecule has 3 atom stereocenters. The van der Waals surface area contributed by atoms with Gasteiger partial charge in [0.1, 0.15) is 0 Å². The van der Waals surface area contributed by atoms with Crippen molar-refractivity contribution in [2.45, 2.75) is 39.3 Å². The Morgan fingerprint density at radius 1 is 0.833 bits per heavy atom. The smallest absolute Gasteiger partial charge is 0.261 e. The highest BCUT2D eigenvalue weighted by Crippen LogP contribution is 2.38. The number of ether oxygens (including phenoxy) is 1. The van der Waals surface area contributed by atoms with Crippen molar-refractivity contribution >= 4 is 24.5 Å². The average Bonchev–Trinajstić information content (AvgIpc) is 3.25. The van der Waals surface area contributed by atoms with Crippen molar-refractivity contribution in [2.75, 3.05) is 13.2 Å². The Labute approximate surface area is 217 Å². The normalized spacial score (nSPS) is 18.9. The maximum absolute atomic E-state index is 12.7. The van der Waals surface area contributed by atoms with Gasteiger partial charge in [0.25, 0.3) is 8.32 Å². The summed E-state index contributed by atoms with van der Waals surface area (Å²) in [6.07, 6.45) is 3.80. The van der Waals surface area contributed by atoms with Crippen LogP contribution < -0.4 is 10.4 Å². The molecule has 4 heteroatoms. The topological polar surface area (TPSA) is 35.5 Å². The predicted octanol–water partition coefficient (Wildman–Crippen LogP) is 5.79. The van der Waals surface area contributed by atoms with E-state index < -0.39 is 8.32 Å². The lowest BCUT2D eigenvalue weighted by atomic mass is 9.85. The first-order valence-electron chi connectivity index (χ1n) is 12.9. The van der Waals surface area contributed by atoms with Crippen LogP contribution in [0.25, 0.3) is 0 Å². The SMILES string of the molecule is C[C@@H](CO[Si](c1ccccc1)(c1ccccc1)C(C)(C)C)[C@@H]1C=CC(=O)[C@H]1COCc1ccccc1. The molecule has 4 rings (SSSR count). The third-order valence-electron chi connectivity index (χ3n) is 7.36. The van der Waals surface area contributed by atoms with Crippen LogP contribution in [0.15, 0.2) is 103 Å². The van der Waals surface area contributed by atoms with E-state index in [-0.39, 0.29) is 28.6 Å². The van der Waals surface area contributed by atoms with Gasteiger partial charge in [-0.1, -0.05) is 125 Å². The van der Waals surface area contributed by atoms with Crippen molar-refractivity contribution in [3.05, 3.63) is 109 Å². The van der Waals surface area contributed by atoms with Gasteiger partial charge in [-0.3, -0.25) is 4.79 Å². The fraction of sp³-hybridized carbons (Fsp3) is 0.344. The molecule has 188 valence electrons. The second-order valence-electron chi connectivity index (χ2n) is 10.9. The number of allylic oxidation sites excluding steroid dienone is 2. The molecule has 0 spiro atoms. The molecule has 1 aliphatic rings. The summed E-state index contributed by atoms with van der Waals surface area (Å²) in [6, 6.07) is 31.5. The van der Waals surface area contributed by atoms with Crippen LogP contribution in [0.4, 0.5) is 0 Å². The Bertz CT molecular complexity index is 1100. The van der Waals surface area contributed by atoms with Gasteiger partial charge >= 0.3 is 0 Å². The van der Waals surface area contributed by atoms with Gasteiger partial charge in [-0.15, -0.1) is 0 Å². The highest BCUT2D eigenvalue weighted by Gasteiger charge is 2.50. The van der Waals surface area contributed by atoms with Crippen LogP contribution in [-0.4, -0.2) is 27.3 Å². The second kappa shape index (κ2) is 11.5. The van der Waals surface area contributed by atoms with Gasteiger partial charge in [0, 0.05) is 6.61 Å². The van der Waals surface area contributed by atoms with E-state index in [0.29, 0.717) is 19.8 Å². The summed E-state index contributed by atoms with van der Waals surface area (Å²) < 4.78 is 13.2. The number of rotatable bonds is 10. The van der Waals surface area contributed by atoms with Gasteiger partial charge in [0.2, 0.25) is 0 Å². The molecule has 0 saturated carbocycles. The first-order chi connectivity index (χ1) is 17.3. The standard InChI is InChI=1S/C32H38O3Si/c1-25(29-20-21-31(33)30(29)24-34-23-26-14-8-5-9-15-26)22-35-36(32(2,3)4,27-16-10-6-11-17-27)28-18-12-7-13-19-28/h5-21,25,29-30H,22-24H2,1-4H3/t25-,29-,30-/m0/s1. The van der Waals surface area contributed by atoms with Crippen LogP contribution >= 0.6 is 0 Å². The molecule has 0 saturated heterocycles. The molecule has 3 aromatic rings. The molecule has 3 nitrogen and oxygen atoms in total. The zero-order chi connectivity index (χ0) is 25.6. The van der Waals surface area contributed by atoms with Gasteiger partial charge in [-0.25, -0.2) is 0 Å². The number of ketones is 1. The lowest BCUT2D eigenvalue weighted by molar-refractivity contribution is -0.121. The molecule has 0 fully saturated rings. The predicted molar refractivity (Wildman–Crippen MR) is 150 cm³/mol. The molecule has 0 radical (unpaired) electrons. The van der Waals surface area contributed by atoms with E-state index in [1.165, 1.54) is 10.4 Å². The lowest BCUT2D eigenvalue weighted by Gasteiger charge is -2.44. The third kappa shape index (κ3) is 5.62. The van der Waals surface area contributed by atoms with Crippen molar-refractivity contribution in [3.63, 3.8) is 0 Å². The quantitative estimate of drug-likeness (QED) is 0.332. The summed E-state index contributed by atoms with van der Waals surface area (Å²) in [5, 5.41) is 2.47. The summed E-state index contributed by atoms with van der Waals surface area (Å²) >= 11 is 0. The molecule has 0 aromatic heterocycles. The van der Waals surface area contributed by atoms with Crippen molar-refractivity contribution in [2.24, 2.45) is 17.8 Å². The summed E-state index contributed by atoms with van der Waals surface area (Å²) in [7, 11) is -2.61. The molecule has 1 aliphatic carbocycles. The van der Waals surface area contributed by atoms with Crippen molar-refractivity contribution in [1.29, 1.82) is 0 Å². The highest BCUT2D eigenvalue weighted by atomic mass is 28.4. The number of hydrogen-bond acceptors (Lipinski definition) is 3. The zero-order valence-corrected chi connectivity index (χ0v) is 22.9. The first-order valence-corrected chi connectivity index (χ1v) is 14.8. The highest BCUT2D eigenvalue weighted by molar-refractivity contribution is 6.99. The molecule has 0 amide bonds. The maximum atomic E-state index is 12.7. The summed E-state index contributed by atoms with van der Waals surface area (Å²) in [5.41, 5.74) is 1.12. The average molecular weight is 499 g/mol. The molecule has 0 aliphatic heterocycles. The van der Waals surface area contributed by atoms with Gasteiger partial charge < -0.3 is 9.16 Å². The molecule has 3 aromatic carbocycles. The zero-order valence-electron chi connectivity index (χ0n) is 21.9. The second-order valence-corrected chi connectivity index (χ2v) is 15.2. The van der Waals surface area contributed by atoms with Crippen LogP contribution in [0.2, 0.25) is 5.04 Å². The lowest BCUT2D eigenvalue weighted by Crippen LogP contribution is -2.67. The van der Waals surface area contributed by atoms with E-state index in [9.17, 15) is 4.79 Å². The monoisotopic (exact) mass is 498 g/mol. The van der Waals surface area contributed by atoms with Crippen molar-refractivity contribution in [3.8, 4) is 0 Å². The molecule has 36 heavy (non-hydrogen) atoms. The molecular formula is C32H38O3Si. The van der Waals surface area contributed by atoms with Crippen LogP contribution in [-0.2, 0) is 20.6 Å². The summed E-state index contributed by atoms with van der Waals surface area (Å²) in [4.78, 5) is 12.7. The van der Waals surface area contributed by atoms with E-state index in [0.717, 1.165) is 5.56 Å². The summed E-state index contributed by atoms with van der Waals surface area (Å²) in [6.45, 7) is 10.6. The van der Waals surface area contributed by atoms with Gasteiger partial charge in [0.05, 0.1) is 19.1 Å². The largest absolute Gasteiger partial charge is 0.407 e. The van der Waals surface area contributed by atoms with Crippen LogP contribution in [0, 0.1) is 17.8 Å². The van der Waals surface area contributed by atoms with E-state index in [2.05, 4.69) is 94.4 Å². The van der Waals surface area contributed by atoms with Crippen molar-refractivity contribution in [1.82, 2.24) is 0 Å². The fourth-order valence-electron chi connectivity index (χ4n) is 5.44. The van der Waals surface area contributed by atoms with Crippen LogP contribution in [0.1, 0.15) is 33.3 Å². The third-order valence-corrected chi connectivity index (χ3v) is 12.4. The Hall–Kier alpha value is -2.79.